The molecule has 0 saturated carbocycles. The van der Waals surface area contributed by atoms with Crippen molar-refractivity contribution in [2.75, 3.05) is 13.2 Å². The Morgan fingerprint density at radius 2 is 1.51 bits per heavy atom. The van der Waals surface area contributed by atoms with Crippen LogP contribution in [0.3, 0.4) is 0 Å². The van der Waals surface area contributed by atoms with Gasteiger partial charge in [-0.2, -0.15) is 0 Å². The van der Waals surface area contributed by atoms with Gasteiger partial charge in [0.1, 0.15) is 18.4 Å². The van der Waals surface area contributed by atoms with Crippen molar-refractivity contribution in [3.05, 3.63) is 89.5 Å². The fourth-order valence-electron chi connectivity index (χ4n) is 5.08. The predicted molar refractivity (Wildman–Crippen MR) is 150 cm³/mol. The molecule has 9 heteroatoms. The number of ether oxygens (including phenoxy) is 2. The molecule has 1 aliphatic heterocycles. The van der Waals surface area contributed by atoms with E-state index in [9.17, 15) is 19.2 Å². The van der Waals surface area contributed by atoms with E-state index < -0.39 is 29.9 Å². The van der Waals surface area contributed by atoms with E-state index in [1.807, 2.05) is 48.5 Å². The number of carbonyl (C=O) groups excluding carboxylic acids is 4. The molecule has 3 aromatic rings. The van der Waals surface area contributed by atoms with E-state index in [2.05, 4.69) is 12.2 Å². The molecule has 0 bridgehead atoms. The summed E-state index contributed by atoms with van der Waals surface area (Å²) in [5.41, 5.74) is 5.03. The quantitative estimate of drug-likeness (QED) is 0.264. The molecule has 0 radical (unpaired) electrons. The maximum absolute atomic E-state index is 13.1. The Bertz CT molecular complexity index is 1370. The average Bonchev–Trinajstić information content (AvgIpc) is 3.48. The highest BCUT2D eigenvalue weighted by Gasteiger charge is 2.36. The number of fused-ring (bicyclic) bond motifs is 3. The Morgan fingerprint density at radius 3 is 2.12 bits per heavy atom. The molecule has 0 aromatic heterocycles. The minimum absolute atomic E-state index is 0.0317. The van der Waals surface area contributed by atoms with Gasteiger partial charge in [0.15, 0.2) is 0 Å². The molecule has 1 fully saturated rings. The number of unbranched alkanes of at least 4 members (excludes halogenated alkanes) is 1. The lowest BCUT2D eigenvalue weighted by Crippen LogP contribution is -2.46. The summed E-state index contributed by atoms with van der Waals surface area (Å²) < 4.78 is 11.3. The number of hydroxylamine groups is 2. The number of nitrogens with one attached hydrogen (secondary N) is 1. The van der Waals surface area contributed by atoms with Gasteiger partial charge in [0.05, 0.1) is 6.61 Å². The minimum Gasteiger partial charge on any atom is -0.494 e. The van der Waals surface area contributed by atoms with E-state index in [0.29, 0.717) is 23.0 Å². The highest BCUT2D eigenvalue weighted by molar-refractivity contribution is 6.02. The third kappa shape index (κ3) is 6.40. The summed E-state index contributed by atoms with van der Waals surface area (Å²) in [5, 5.41) is 3.05. The van der Waals surface area contributed by atoms with Gasteiger partial charge in [-0.05, 0) is 46.4 Å². The summed E-state index contributed by atoms with van der Waals surface area (Å²) in [6.45, 7) is 2.75. The standard InChI is InChI=1S/C32H32N2O7/c1-2-3-18-39-22-14-12-21(13-15-22)19-28(31(37)41-34-29(35)16-17-30(34)36)33-32(38)40-20-27-25-10-6-4-8-23(25)24-9-5-7-11-26(24)27/h4-15,27-28H,2-3,16-20H2,1H3,(H,33,38). The highest BCUT2D eigenvalue weighted by atomic mass is 16.7. The zero-order chi connectivity index (χ0) is 28.8. The molecule has 3 amide bonds. The fourth-order valence-corrected chi connectivity index (χ4v) is 5.08. The monoisotopic (exact) mass is 556 g/mol. The number of hydrogen-bond donors (Lipinski definition) is 1. The van der Waals surface area contributed by atoms with Crippen LogP contribution in [0.4, 0.5) is 4.79 Å². The Balaban J connectivity index is 1.27. The van der Waals surface area contributed by atoms with E-state index in [4.69, 9.17) is 14.3 Å². The van der Waals surface area contributed by atoms with Crippen LogP contribution in [0.2, 0.25) is 0 Å². The van der Waals surface area contributed by atoms with Gasteiger partial charge in [-0.1, -0.05) is 74.0 Å². The second-order valence-corrected chi connectivity index (χ2v) is 10.1. The molecule has 1 heterocycles. The second kappa shape index (κ2) is 12.7. The molecule has 5 rings (SSSR count). The maximum Gasteiger partial charge on any atom is 0.407 e. The lowest BCUT2D eigenvalue weighted by Gasteiger charge is -2.21. The number of amides is 3. The zero-order valence-electron chi connectivity index (χ0n) is 22.8. The number of nitrogens with zero attached hydrogens (tertiary/aromatic N) is 1. The van der Waals surface area contributed by atoms with Gasteiger partial charge < -0.3 is 19.6 Å². The van der Waals surface area contributed by atoms with Crippen LogP contribution < -0.4 is 10.1 Å². The Morgan fingerprint density at radius 1 is 0.902 bits per heavy atom. The van der Waals surface area contributed by atoms with Crippen LogP contribution >= 0.6 is 0 Å². The average molecular weight is 557 g/mol. The second-order valence-electron chi connectivity index (χ2n) is 10.1. The Kier molecular flexibility index (Phi) is 8.62. The molecule has 1 atom stereocenters. The van der Waals surface area contributed by atoms with Crippen LogP contribution in [0.25, 0.3) is 11.1 Å². The van der Waals surface area contributed by atoms with Gasteiger partial charge >= 0.3 is 12.1 Å². The van der Waals surface area contributed by atoms with Gasteiger partial charge in [-0.3, -0.25) is 9.59 Å². The van der Waals surface area contributed by atoms with Crippen LogP contribution in [0.5, 0.6) is 5.75 Å². The third-order valence-electron chi connectivity index (χ3n) is 7.24. The first-order valence-corrected chi connectivity index (χ1v) is 13.9. The summed E-state index contributed by atoms with van der Waals surface area (Å²) >= 11 is 0. The fraction of sp³-hybridized carbons (Fsp3) is 0.312. The van der Waals surface area contributed by atoms with Gasteiger partial charge in [0, 0.05) is 25.2 Å². The summed E-state index contributed by atoms with van der Waals surface area (Å²) in [6, 6.07) is 21.9. The smallest absolute Gasteiger partial charge is 0.407 e. The molecule has 1 unspecified atom stereocenters. The number of hydrogen-bond acceptors (Lipinski definition) is 7. The molecule has 1 saturated heterocycles. The van der Waals surface area contributed by atoms with Gasteiger partial charge in [0.2, 0.25) is 0 Å². The molecule has 41 heavy (non-hydrogen) atoms. The number of rotatable bonds is 11. The molecule has 0 spiro atoms. The summed E-state index contributed by atoms with van der Waals surface area (Å²) in [7, 11) is 0. The van der Waals surface area contributed by atoms with Crippen molar-refractivity contribution < 1.29 is 33.5 Å². The van der Waals surface area contributed by atoms with Crippen LogP contribution in [0.15, 0.2) is 72.8 Å². The molecular weight excluding hydrogens is 524 g/mol. The Hall–Kier alpha value is -4.66. The number of carbonyl (C=O) groups is 4. The predicted octanol–water partition coefficient (Wildman–Crippen LogP) is 4.92. The first kappa shape index (κ1) is 27.9. The normalized spacial score (nSPS) is 14.8. The maximum atomic E-state index is 13.1. The van der Waals surface area contributed by atoms with E-state index >= 15 is 0 Å². The van der Waals surface area contributed by atoms with Gasteiger partial charge in [-0.25, -0.2) is 9.59 Å². The van der Waals surface area contributed by atoms with E-state index in [0.717, 1.165) is 35.1 Å². The molecule has 1 aliphatic carbocycles. The van der Waals surface area contributed by atoms with Crippen LogP contribution in [-0.4, -0.2) is 48.2 Å². The van der Waals surface area contributed by atoms with Crippen molar-refractivity contribution in [2.45, 2.75) is 51.0 Å². The van der Waals surface area contributed by atoms with E-state index in [1.54, 1.807) is 24.3 Å². The largest absolute Gasteiger partial charge is 0.494 e. The third-order valence-corrected chi connectivity index (χ3v) is 7.24. The summed E-state index contributed by atoms with van der Waals surface area (Å²) in [6.07, 6.45) is 1.13. The lowest BCUT2D eigenvalue weighted by molar-refractivity contribution is -0.198. The van der Waals surface area contributed by atoms with Crippen molar-refractivity contribution in [3.8, 4) is 16.9 Å². The van der Waals surface area contributed by atoms with Gasteiger partial charge in [0.25, 0.3) is 11.8 Å². The molecule has 9 nitrogen and oxygen atoms in total. The van der Waals surface area contributed by atoms with Gasteiger partial charge in [-0.15, -0.1) is 5.06 Å². The van der Waals surface area contributed by atoms with Crippen molar-refractivity contribution in [2.24, 2.45) is 0 Å². The number of benzene rings is 3. The van der Waals surface area contributed by atoms with Crippen LogP contribution in [0.1, 0.15) is 55.2 Å². The first-order valence-electron chi connectivity index (χ1n) is 13.9. The van der Waals surface area contributed by atoms with E-state index in [-0.39, 0.29) is 31.8 Å². The van der Waals surface area contributed by atoms with Crippen molar-refractivity contribution in [3.63, 3.8) is 0 Å². The summed E-state index contributed by atoms with van der Waals surface area (Å²) in [5.74, 6) is -1.60. The van der Waals surface area contributed by atoms with Crippen molar-refractivity contribution >= 4 is 23.9 Å². The molecule has 212 valence electrons. The minimum atomic E-state index is -1.21. The van der Waals surface area contributed by atoms with Crippen molar-refractivity contribution in [1.82, 2.24) is 10.4 Å². The number of imide groups is 1. The van der Waals surface area contributed by atoms with Crippen LogP contribution in [0, 0.1) is 0 Å². The molecule has 3 aromatic carbocycles. The van der Waals surface area contributed by atoms with Crippen LogP contribution in [-0.2, 0) is 30.4 Å². The SMILES string of the molecule is CCCCOc1ccc(CC(NC(=O)OCC2c3ccccc3-c3ccccc32)C(=O)ON2C(=O)CCC2=O)cc1. The first-order chi connectivity index (χ1) is 19.9. The molecule has 1 N–H and O–H groups in total. The number of alkyl carbamates (subject to hydrolysis) is 1. The lowest BCUT2D eigenvalue weighted by atomic mass is 9.98. The zero-order valence-corrected chi connectivity index (χ0v) is 22.8. The Labute approximate surface area is 238 Å². The summed E-state index contributed by atoms with van der Waals surface area (Å²) in [4.78, 5) is 55.3. The topological polar surface area (TPSA) is 111 Å². The molecule has 2 aliphatic rings. The van der Waals surface area contributed by atoms with Crippen molar-refractivity contribution in [1.29, 1.82) is 0 Å². The van der Waals surface area contributed by atoms with E-state index in [1.165, 1.54) is 0 Å². The molecular formula is C32H32N2O7. The highest BCUT2D eigenvalue weighted by Crippen LogP contribution is 2.44.